The minimum absolute atomic E-state index is 0.104. The monoisotopic (exact) mass is 292 g/mol. The third-order valence-corrected chi connectivity index (χ3v) is 4.63. The fraction of sp³-hybridized carbons (Fsp3) is 0.875. The van der Waals surface area contributed by atoms with Crippen LogP contribution in [-0.4, -0.2) is 32.2 Å². The molecule has 0 bridgehead atoms. The summed E-state index contributed by atoms with van der Waals surface area (Å²) < 4.78 is 8.28. The molecule has 5 heteroatoms. The summed E-state index contributed by atoms with van der Waals surface area (Å²) in [5.74, 6) is 0. The Hall–Kier alpha value is -0.940. The lowest BCUT2D eigenvalue weighted by atomic mass is 9.98. The second-order valence-corrected chi connectivity index (χ2v) is 7.70. The third kappa shape index (κ3) is 3.83. The number of ether oxygens (including phenoxy) is 1. The SMILES string of the molecule is CC(C)(C)NCc1cn(CC2CCC3(CCCC3)O2)nn1. The first-order valence-corrected chi connectivity index (χ1v) is 8.26. The average molecular weight is 292 g/mol. The van der Waals surface area contributed by atoms with Crippen LogP contribution in [-0.2, 0) is 17.8 Å². The van der Waals surface area contributed by atoms with E-state index in [1.807, 2.05) is 10.9 Å². The van der Waals surface area contributed by atoms with Crippen molar-refractivity contribution in [2.24, 2.45) is 0 Å². The molecule has 2 fully saturated rings. The maximum absolute atomic E-state index is 6.33. The molecule has 1 N–H and O–H groups in total. The lowest BCUT2D eigenvalue weighted by molar-refractivity contribution is -0.0430. The van der Waals surface area contributed by atoms with Crippen molar-refractivity contribution in [1.82, 2.24) is 20.3 Å². The van der Waals surface area contributed by atoms with Gasteiger partial charge in [0.25, 0.3) is 0 Å². The summed E-state index contributed by atoms with van der Waals surface area (Å²) in [6.45, 7) is 8.07. The van der Waals surface area contributed by atoms with Crippen LogP contribution in [0.4, 0.5) is 0 Å². The van der Waals surface area contributed by atoms with E-state index < -0.39 is 0 Å². The van der Waals surface area contributed by atoms with Gasteiger partial charge in [0.15, 0.2) is 0 Å². The Morgan fingerprint density at radius 3 is 2.81 bits per heavy atom. The van der Waals surface area contributed by atoms with Crippen molar-refractivity contribution in [2.75, 3.05) is 0 Å². The quantitative estimate of drug-likeness (QED) is 0.927. The summed E-state index contributed by atoms with van der Waals surface area (Å²) in [6, 6.07) is 0. The van der Waals surface area contributed by atoms with Crippen LogP contribution in [0.3, 0.4) is 0 Å². The number of hydrogen-bond acceptors (Lipinski definition) is 4. The van der Waals surface area contributed by atoms with Crippen LogP contribution in [0, 0.1) is 0 Å². The molecule has 5 nitrogen and oxygen atoms in total. The van der Waals surface area contributed by atoms with Gasteiger partial charge in [-0.15, -0.1) is 5.10 Å². The highest BCUT2D eigenvalue weighted by molar-refractivity contribution is 4.95. The molecule has 0 radical (unpaired) electrons. The molecule has 118 valence electrons. The highest BCUT2D eigenvalue weighted by Crippen LogP contribution is 2.43. The summed E-state index contributed by atoms with van der Waals surface area (Å²) in [5.41, 5.74) is 1.31. The number of rotatable bonds is 4. The van der Waals surface area contributed by atoms with Crippen LogP contribution in [0.15, 0.2) is 6.20 Å². The van der Waals surface area contributed by atoms with Crippen molar-refractivity contribution in [3.8, 4) is 0 Å². The van der Waals surface area contributed by atoms with Crippen LogP contribution in [0.1, 0.15) is 65.0 Å². The van der Waals surface area contributed by atoms with E-state index in [0.29, 0.717) is 6.10 Å². The third-order valence-electron chi connectivity index (χ3n) is 4.63. The first kappa shape index (κ1) is 15.0. The molecule has 0 amide bonds. The van der Waals surface area contributed by atoms with Crippen molar-refractivity contribution in [2.45, 2.75) is 89.6 Å². The smallest absolute Gasteiger partial charge is 0.0965 e. The Kier molecular flexibility index (Phi) is 4.06. The molecule has 1 aromatic heterocycles. The van der Waals surface area contributed by atoms with Crippen molar-refractivity contribution in [3.05, 3.63) is 11.9 Å². The molecule has 1 aliphatic carbocycles. The summed E-state index contributed by atoms with van der Waals surface area (Å²) in [7, 11) is 0. The zero-order valence-electron chi connectivity index (χ0n) is 13.6. The van der Waals surface area contributed by atoms with Crippen molar-refractivity contribution >= 4 is 0 Å². The number of hydrogen-bond donors (Lipinski definition) is 1. The van der Waals surface area contributed by atoms with Crippen molar-refractivity contribution in [1.29, 1.82) is 0 Å². The minimum Gasteiger partial charge on any atom is -0.370 e. The van der Waals surface area contributed by atoms with Gasteiger partial charge in [0.1, 0.15) is 0 Å². The summed E-state index contributed by atoms with van der Waals surface area (Å²) >= 11 is 0. The van der Waals surface area contributed by atoms with Crippen LogP contribution >= 0.6 is 0 Å². The Balaban J connectivity index is 1.51. The molecule has 3 rings (SSSR count). The van der Waals surface area contributed by atoms with E-state index in [4.69, 9.17) is 4.74 Å². The molecule has 1 saturated carbocycles. The molecular formula is C16H28N4O. The fourth-order valence-electron chi connectivity index (χ4n) is 3.48. The van der Waals surface area contributed by atoms with Gasteiger partial charge in [0, 0.05) is 18.3 Å². The predicted molar refractivity (Wildman–Crippen MR) is 81.9 cm³/mol. The summed E-state index contributed by atoms with van der Waals surface area (Å²) in [4.78, 5) is 0. The molecule has 0 aromatic carbocycles. The number of aromatic nitrogens is 3. The first-order valence-electron chi connectivity index (χ1n) is 8.26. The molecule has 1 spiro atoms. The molecule has 1 atom stereocenters. The van der Waals surface area contributed by atoms with Crippen molar-refractivity contribution < 1.29 is 4.74 Å². The highest BCUT2D eigenvalue weighted by atomic mass is 16.5. The van der Waals surface area contributed by atoms with Crippen LogP contribution in [0.5, 0.6) is 0 Å². The zero-order valence-corrected chi connectivity index (χ0v) is 13.6. The summed E-state index contributed by atoms with van der Waals surface area (Å²) in [5, 5.41) is 11.9. The van der Waals surface area contributed by atoms with E-state index in [0.717, 1.165) is 25.2 Å². The van der Waals surface area contributed by atoms with E-state index in [1.165, 1.54) is 32.1 Å². The van der Waals surface area contributed by atoms with Crippen LogP contribution in [0.2, 0.25) is 0 Å². The van der Waals surface area contributed by atoms with Crippen molar-refractivity contribution in [3.63, 3.8) is 0 Å². The van der Waals surface area contributed by atoms with Gasteiger partial charge in [-0.2, -0.15) is 0 Å². The number of nitrogens with zero attached hydrogens (tertiary/aromatic N) is 3. The van der Waals surface area contributed by atoms with Gasteiger partial charge in [-0.25, -0.2) is 4.68 Å². The molecular weight excluding hydrogens is 264 g/mol. The molecule has 2 heterocycles. The first-order chi connectivity index (χ1) is 9.94. The average Bonchev–Trinajstić information content (AvgIpc) is 3.11. The lowest BCUT2D eigenvalue weighted by Gasteiger charge is -2.23. The normalized spacial score (nSPS) is 25.0. The second-order valence-electron chi connectivity index (χ2n) is 7.70. The lowest BCUT2D eigenvalue weighted by Crippen LogP contribution is -2.35. The molecule has 2 aliphatic rings. The standard InChI is InChI=1S/C16H28N4O/c1-15(2,3)17-10-13-11-20(19-18-13)12-14-6-9-16(21-14)7-4-5-8-16/h11,14,17H,4-10,12H2,1-3H3. The van der Waals surface area contributed by atoms with Gasteiger partial charge in [0.2, 0.25) is 0 Å². The van der Waals surface area contributed by atoms with Gasteiger partial charge >= 0.3 is 0 Å². The molecule has 1 aromatic rings. The highest BCUT2D eigenvalue weighted by Gasteiger charge is 2.42. The second kappa shape index (κ2) is 5.69. The van der Waals surface area contributed by atoms with Gasteiger partial charge in [0.05, 0.1) is 23.9 Å². The maximum Gasteiger partial charge on any atom is 0.0965 e. The van der Waals surface area contributed by atoms with Gasteiger partial charge in [-0.1, -0.05) is 18.1 Å². The predicted octanol–water partition coefficient (Wildman–Crippen LogP) is 2.66. The fourth-order valence-corrected chi connectivity index (χ4v) is 3.48. The van der Waals surface area contributed by atoms with E-state index >= 15 is 0 Å². The number of nitrogens with one attached hydrogen (secondary N) is 1. The topological polar surface area (TPSA) is 52.0 Å². The summed E-state index contributed by atoms with van der Waals surface area (Å²) in [6.07, 6.45) is 9.91. The maximum atomic E-state index is 6.33. The van der Waals surface area contributed by atoms with E-state index in [1.54, 1.807) is 0 Å². The molecule has 1 unspecified atom stereocenters. The van der Waals surface area contributed by atoms with Crippen LogP contribution in [0.25, 0.3) is 0 Å². The zero-order chi connectivity index (χ0) is 14.9. The molecule has 21 heavy (non-hydrogen) atoms. The Morgan fingerprint density at radius 1 is 1.33 bits per heavy atom. The largest absolute Gasteiger partial charge is 0.370 e. The molecule has 1 saturated heterocycles. The van der Waals surface area contributed by atoms with Gasteiger partial charge < -0.3 is 10.1 Å². The Morgan fingerprint density at radius 2 is 2.10 bits per heavy atom. The van der Waals surface area contributed by atoms with Gasteiger partial charge in [-0.05, 0) is 46.5 Å². The van der Waals surface area contributed by atoms with E-state index in [2.05, 4.69) is 36.4 Å². The molecule has 1 aliphatic heterocycles. The minimum atomic E-state index is 0.104. The van der Waals surface area contributed by atoms with Gasteiger partial charge in [-0.3, -0.25) is 0 Å². The van der Waals surface area contributed by atoms with E-state index in [-0.39, 0.29) is 11.1 Å². The van der Waals surface area contributed by atoms with E-state index in [9.17, 15) is 0 Å². The van der Waals surface area contributed by atoms with Crippen LogP contribution < -0.4 is 5.32 Å². The Bertz CT molecular complexity index is 471. The Labute approximate surface area is 127 Å².